The minimum atomic E-state index is -3.72. The van der Waals surface area contributed by atoms with Gasteiger partial charge in [0.1, 0.15) is 0 Å². The molecule has 0 aliphatic carbocycles. The van der Waals surface area contributed by atoms with E-state index >= 15 is 0 Å². The third-order valence-electron chi connectivity index (χ3n) is 2.53. The summed E-state index contributed by atoms with van der Waals surface area (Å²) in [4.78, 5) is 0.121. The van der Waals surface area contributed by atoms with Crippen LogP contribution >= 0.6 is 15.9 Å². The number of rotatable bonds is 3. The van der Waals surface area contributed by atoms with Gasteiger partial charge < -0.3 is 5.73 Å². The number of sulfonamides is 1. The molecule has 2 aromatic rings. The number of nitrogen functional groups attached to an aromatic ring is 1. The van der Waals surface area contributed by atoms with E-state index in [4.69, 9.17) is 11.0 Å². The van der Waals surface area contributed by atoms with Crippen LogP contribution in [0.5, 0.6) is 0 Å². The van der Waals surface area contributed by atoms with Crippen molar-refractivity contribution in [2.45, 2.75) is 4.90 Å². The largest absolute Gasteiger partial charge is 0.397 e. The van der Waals surface area contributed by atoms with Crippen molar-refractivity contribution in [2.75, 3.05) is 10.5 Å². The summed E-state index contributed by atoms with van der Waals surface area (Å²) in [5, 5.41) is 8.74. The fourth-order valence-electron chi connectivity index (χ4n) is 1.56. The quantitative estimate of drug-likeness (QED) is 0.830. The summed E-state index contributed by atoms with van der Waals surface area (Å²) in [6.45, 7) is 0. The first-order valence-electron chi connectivity index (χ1n) is 5.50. The zero-order chi connectivity index (χ0) is 14.8. The van der Waals surface area contributed by atoms with Gasteiger partial charge in [0.15, 0.2) is 0 Å². The standard InChI is InChI=1S/C13H10BrN3O2S/c14-10-2-1-3-11(7-10)20(18,19)17-13-5-4-9(8-15)6-12(13)16/h1-7,17H,16H2. The summed E-state index contributed by atoms with van der Waals surface area (Å²) >= 11 is 3.22. The second-order valence-corrected chi connectivity index (χ2v) is 6.57. The molecule has 5 nitrogen and oxygen atoms in total. The maximum absolute atomic E-state index is 12.2. The maximum Gasteiger partial charge on any atom is 0.261 e. The van der Waals surface area contributed by atoms with Crippen LogP contribution in [-0.2, 0) is 10.0 Å². The minimum Gasteiger partial charge on any atom is -0.397 e. The number of anilines is 2. The van der Waals surface area contributed by atoms with Gasteiger partial charge in [-0.3, -0.25) is 4.72 Å². The molecule has 0 spiro atoms. The molecule has 20 heavy (non-hydrogen) atoms. The lowest BCUT2D eigenvalue weighted by molar-refractivity contribution is 0.601. The van der Waals surface area contributed by atoms with Crippen LogP contribution in [-0.4, -0.2) is 8.42 Å². The van der Waals surface area contributed by atoms with Crippen LogP contribution < -0.4 is 10.5 Å². The second-order valence-electron chi connectivity index (χ2n) is 3.98. The summed E-state index contributed by atoms with van der Waals surface area (Å²) in [6.07, 6.45) is 0. The Morgan fingerprint density at radius 3 is 2.55 bits per heavy atom. The maximum atomic E-state index is 12.2. The molecule has 0 aliphatic heterocycles. The number of nitriles is 1. The van der Waals surface area contributed by atoms with Crippen LogP contribution in [0.1, 0.15) is 5.56 Å². The Balaban J connectivity index is 2.36. The van der Waals surface area contributed by atoms with E-state index in [-0.39, 0.29) is 16.3 Å². The number of nitrogens with one attached hydrogen (secondary N) is 1. The van der Waals surface area contributed by atoms with Gasteiger partial charge in [0.05, 0.1) is 27.9 Å². The molecule has 0 amide bonds. The SMILES string of the molecule is N#Cc1ccc(NS(=O)(=O)c2cccc(Br)c2)c(N)c1. The Kier molecular flexibility index (Phi) is 3.97. The van der Waals surface area contributed by atoms with Gasteiger partial charge in [-0.25, -0.2) is 8.42 Å². The predicted molar refractivity (Wildman–Crippen MR) is 80.5 cm³/mol. The zero-order valence-electron chi connectivity index (χ0n) is 10.2. The summed E-state index contributed by atoms with van der Waals surface area (Å²) in [5.74, 6) is 0. The van der Waals surface area contributed by atoms with Gasteiger partial charge in [0, 0.05) is 4.47 Å². The lowest BCUT2D eigenvalue weighted by Gasteiger charge is -2.10. The van der Waals surface area contributed by atoms with Gasteiger partial charge in [-0.2, -0.15) is 5.26 Å². The van der Waals surface area contributed by atoms with Crippen LogP contribution in [0.4, 0.5) is 11.4 Å². The number of halogens is 1. The molecule has 0 atom stereocenters. The van der Waals surface area contributed by atoms with E-state index in [1.165, 1.54) is 30.3 Å². The van der Waals surface area contributed by atoms with E-state index < -0.39 is 10.0 Å². The molecule has 2 rings (SSSR count). The summed E-state index contributed by atoms with van der Waals surface area (Å²) in [7, 11) is -3.72. The molecular weight excluding hydrogens is 342 g/mol. The number of nitrogens with two attached hydrogens (primary N) is 1. The Morgan fingerprint density at radius 2 is 1.95 bits per heavy atom. The van der Waals surface area contributed by atoms with Crippen LogP contribution in [0, 0.1) is 11.3 Å². The van der Waals surface area contributed by atoms with Gasteiger partial charge in [-0.15, -0.1) is 0 Å². The predicted octanol–water partition coefficient (Wildman–Crippen LogP) is 2.70. The van der Waals surface area contributed by atoms with E-state index in [9.17, 15) is 8.42 Å². The van der Waals surface area contributed by atoms with Crippen LogP contribution in [0.3, 0.4) is 0 Å². The highest BCUT2D eigenvalue weighted by Gasteiger charge is 2.15. The molecule has 0 saturated carbocycles. The van der Waals surface area contributed by atoms with E-state index in [0.29, 0.717) is 10.0 Å². The van der Waals surface area contributed by atoms with Crippen molar-refractivity contribution >= 4 is 37.3 Å². The van der Waals surface area contributed by atoms with Gasteiger partial charge in [0.25, 0.3) is 10.0 Å². The molecule has 0 saturated heterocycles. The van der Waals surface area contributed by atoms with Crippen LogP contribution in [0.25, 0.3) is 0 Å². The van der Waals surface area contributed by atoms with Crippen molar-refractivity contribution in [1.82, 2.24) is 0 Å². The van der Waals surface area contributed by atoms with E-state index in [1.807, 2.05) is 6.07 Å². The molecule has 0 aliphatic rings. The van der Waals surface area contributed by atoms with Gasteiger partial charge in [0.2, 0.25) is 0 Å². The average Bonchev–Trinajstić information content (AvgIpc) is 2.41. The third kappa shape index (κ3) is 3.10. The molecular formula is C13H10BrN3O2S. The van der Waals surface area contributed by atoms with Gasteiger partial charge in [-0.05, 0) is 36.4 Å². The molecule has 0 radical (unpaired) electrons. The molecule has 7 heteroatoms. The number of nitrogens with zero attached hydrogens (tertiary/aromatic N) is 1. The Labute approximate surface area is 125 Å². The van der Waals surface area contributed by atoms with E-state index in [0.717, 1.165) is 0 Å². The minimum absolute atomic E-state index is 0.121. The lowest BCUT2D eigenvalue weighted by Crippen LogP contribution is -2.14. The van der Waals surface area contributed by atoms with Crippen molar-refractivity contribution in [1.29, 1.82) is 5.26 Å². The Hall–Kier alpha value is -2.04. The van der Waals surface area contributed by atoms with Gasteiger partial charge in [-0.1, -0.05) is 22.0 Å². The topological polar surface area (TPSA) is 96.0 Å². The Morgan fingerprint density at radius 1 is 1.20 bits per heavy atom. The molecule has 0 heterocycles. The number of hydrogen-bond acceptors (Lipinski definition) is 4. The highest BCUT2D eigenvalue weighted by molar-refractivity contribution is 9.10. The summed E-state index contributed by atoms with van der Waals surface area (Å²) in [5.41, 5.74) is 6.53. The first kappa shape index (κ1) is 14.4. The number of hydrogen-bond donors (Lipinski definition) is 2. The van der Waals surface area contributed by atoms with Crippen molar-refractivity contribution < 1.29 is 8.42 Å². The molecule has 3 N–H and O–H groups in total. The van der Waals surface area contributed by atoms with Crippen LogP contribution in [0.2, 0.25) is 0 Å². The highest BCUT2D eigenvalue weighted by atomic mass is 79.9. The fraction of sp³-hybridized carbons (Fsp3) is 0. The first-order chi connectivity index (χ1) is 9.42. The fourth-order valence-corrected chi connectivity index (χ4v) is 3.25. The normalized spacial score (nSPS) is 10.8. The zero-order valence-corrected chi connectivity index (χ0v) is 12.6. The second kappa shape index (κ2) is 5.53. The number of benzene rings is 2. The molecule has 102 valence electrons. The first-order valence-corrected chi connectivity index (χ1v) is 7.78. The van der Waals surface area contributed by atoms with Gasteiger partial charge >= 0.3 is 0 Å². The Bertz CT molecular complexity index is 798. The highest BCUT2D eigenvalue weighted by Crippen LogP contribution is 2.24. The lowest BCUT2D eigenvalue weighted by atomic mass is 10.2. The summed E-state index contributed by atoms with van der Waals surface area (Å²) < 4.78 is 27.5. The molecule has 2 aromatic carbocycles. The van der Waals surface area contributed by atoms with Crippen molar-refractivity contribution in [3.05, 3.63) is 52.5 Å². The van der Waals surface area contributed by atoms with Crippen molar-refractivity contribution in [2.24, 2.45) is 0 Å². The van der Waals surface area contributed by atoms with Crippen molar-refractivity contribution in [3.8, 4) is 6.07 Å². The molecule has 0 unspecified atom stereocenters. The molecule has 0 bridgehead atoms. The van der Waals surface area contributed by atoms with E-state index in [1.54, 1.807) is 12.1 Å². The van der Waals surface area contributed by atoms with Crippen molar-refractivity contribution in [3.63, 3.8) is 0 Å². The molecule has 0 fully saturated rings. The van der Waals surface area contributed by atoms with E-state index in [2.05, 4.69) is 20.7 Å². The van der Waals surface area contributed by atoms with Crippen LogP contribution in [0.15, 0.2) is 51.8 Å². The summed E-state index contributed by atoms with van der Waals surface area (Å²) in [6, 6.07) is 12.6. The average molecular weight is 352 g/mol. The monoisotopic (exact) mass is 351 g/mol. The molecule has 0 aromatic heterocycles. The third-order valence-corrected chi connectivity index (χ3v) is 4.39. The smallest absolute Gasteiger partial charge is 0.261 e.